The van der Waals surface area contributed by atoms with Gasteiger partial charge in [-0.3, -0.25) is 9.88 Å². The number of aromatic nitrogens is 3. The van der Waals surface area contributed by atoms with Crippen LogP contribution in [0.2, 0.25) is 0 Å². The minimum atomic E-state index is 0.381. The second-order valence-electron chi connectivity index (χ2n) is 10.7. The Hall–Kier alpha value is -2.24. The summed E-state index contributed by atoms with van der Waals surface area (Å²) in [7, 11) is 2.26. The van der Waals surface area contributed by atoms with Gasteiger partial charge >= 0.3 is 0 Å². The Labute approximate surface area is 198 Å². The van der Waals surface area contributed by atoms with Gasteiger partial charge in [-0.2, -0.15) is 0 Å². The van der Waals surface area contributed by atoms with Crippen LogP contribution in [-0.2, 0) is 19.5 Å². The van der Waals surface area contributed by atoms with Crippen molar-refractivity contribution >= 4 is 11.0 Å². The maximum atomic E-state index is 5.18. The number of likely N-dealkylation sites (tertiary alicyclic amines) is 1. The van der Waals surface area contributed by atoms with E-state index >= 15 is 0 Å². The summed E-state index contributed by atoms with van der Waals surface area (Å²) in [5.41, 5.74) is 5.14. The molecule has 0 radical (unpaired) electrons. The lowest BCUT2D eigenvalue weighted by molar-refractivity contribution is 0.139. The lowest BCUT2D eigenvalue weighted by Crippen LogP contribution is -2.36. The third kappa shape index (κ3) is 4.99. The number of piperidine rings is 1. The van der Waals surface area contributed by atoms with Crippen molar-refractivity contribution in [2.24, 2.45) is 11.8 Å². The quantitative estimate of drug-likeness (QED) is 0.494. The fourth-order valence-corrected chi connectivity index (χ4v) is 6.02. The molecule has 1 saturated heterocycles. The van der Waals surface area contributed by atoms with E-state index in [1.165, 1.54) is 61.4 Å². The van der Waals surface area contributed by atoms with Gasteiger partial charge in [0.1, 0.15) is 5.82 Å². The van der Waals surface area contributed by atoms with Crippen molar-refractivity contribution in [2.45, 2.75) is 65.1 Å². The SMILES string of the molecule is CC(C)CN(Cc1nc2ccccc2n1C[C@H]1CCCN(C)C1)C1CCCc2cccnc21. The van der Waals surface area contributed by atoms with Crippen molar-refractivity contribution in [3.05, 3.63) is 59.7 Å². The van der Waals surface area contributed by atoms with Crippen molar-refractivity contribution in [3.8, 4) is 0 Å². The molecule has 2 aliphatic rings. The molecule has 1 unspecified atom stereocenters. The standard InChI is InChI=1S/C28H39N5/c1-21(2)17-32(26-14-6-10-23-11-7-15-29-28(23)26)20-27-30-24-12-4-5-13-25(24)33(27)19-22-9-8-16-31(3)18-22/h4-5,7,11-13,15,21-22,26H,6,8-10,14,16-20H2,1-3H3/t22-,26?/m0/s1. The van der Waals surface area contributed by atoms with Crippen LogP contribution in [0.25, 0.3) is 11.0 Å². The van der Waals surface area contributed by atoms with Gasteiger partial charge in [0.15, 0.2) is 0 Å². The highest BCUT2D eigenvalue weighted by atomic mass is 15.2. The summed E-state index contributed by atoms with van der Waals surface area (Å²) in [6, 6.07) is 13.4. The van der Waals surface area contributed by atoms with Gasteiger partial charge in [-0.05, 0) is 81.3 Å². The first-order valence-corrected chi connectivity index (χ1v) is 12.9. The predicted octanol–water partition coefficient (Wildman–Crippen LogP) is 5.31. The molecule has 2 atom stereocenters. The lowest BCUT2D eigenvalue weighted by atomic mass is 9.90. The average molecular weight is 446 g/mol. The van der Waals surface area contributed by atoms with Crippen LogP contribution in [0.15, 0.2) is 42.6 Å². The van der Waals surface area contributed by atoms with Crippen molar-refractivity contribution < 1.29 is 0 Å². The van der Waals surface area contributed by atoms with E-state index in [2.05, 4.69) is 71.7 Å². The topological polar surface area (TPSA) is 37.2 Å². The van der Waals surface area contributed by atoms with E-state index in [-0.39, 0.29) is 0 Å². The van der Waals surface area contributed by atoms with Crippen molar-refractivity contribution in [1.82, 2.24) is 24.3 Å². The molecule has 0 spiro atoms. The molecule has 0 N–H and O–H groups in total. The first-order chi connectivity index (χ1) is 16.1. The summed E-state index contributed by atoms with van der Waals surface area (Å²) in [5, 5.41) is 0. The van der Waals surface area contributed by atoms with Crippen molar-refractivity contribution in [3.63, 3.8) is 0 Å². The maximum Gasteiger partial charge on any atom is 0.124 e. The summed E-state index contributed by atoms with van der Waals surface area (Å²) >= 11 is 0. The predicted molar refractivity (Wildman–Crippen MR) is 135 cm³/mol. The van der Waals surface area contributed by atoms with Gasteiger partial charge in [0.05, 0.1) is 29.3 Å². The van der Waals surface area contributed by atoms with Gasteiger partial charge in [-0.1, -0.05) is 32.0 Å². The highest BCUT2D eigenvalue weighted by Gasteiger charge is 2.29. The molecular weight excluding hydrogens is 406 g/mol. The summed E-state index contributed by atoms with van der Waals surface area (Å²) in [6.45, 7) is 10.1. The number of nitrogens with zero attached hydrogens (tertiary/aromatic N) is 5. The van der Waals surface area contributed by atoms with E-state index in [0.29, 0.717) is 17.9 Å². The molecule has 5 heteroatoms. The van der Waals surface area contributed by atoms with Crippen LogP contribution in [0.3, 0.4) is 0 Å². The summed E-state index contributed by atoms with van der Waals surface area (Å²) in [5.74, 6) is 2.51. The van der Waals surface area contributed by atoms with Gasteiger partial charge < -0.3 is 9.47 Å². The second kappa shape index (κ2) is 9.94. The van der Waals surface area contributed by atoms with E-state index in [1.54, 1.807) is 0 Å². The number of benzene rings is 1. The average Bonchev–Trinajstić information content (AvgIpc) is 3.15. The number of imidazole rings is 1. The molecule has 176 valence electrons. The molecule has 1 aromatic carbocycles. The molecule has 1 aliphatic carbocycles. The molecule has 3 aromatic rings. The Kier molecular flexibility index (Phi) is 6.79. The molecule has 1 fully saturated rings. The Morgan fingerprint density at radius 3 is 2.82 bits per heavy atom. The van der Waals surface area contributed by atoms with Gasteiger partial charge in [0.25, 0.3) is 0 Å². The monoisotopic (exact) mass is 445 g/mol. The smallest absolute Gasteiger partial charge is 0.124 e. The molecule has 5 rings (SSSR count). The Bertz CT molecular complexity index is 1070. The number of para-hydroxylation sites is 2. The number of hydrogen-bond donors (Lipinski definition) is 0. The van der Waals surface area contributed by atoms with Gasteiger partial charge in [0.2, 0.25) is 0 Å². The van der Waals surface area contributed by atoms with Crippen LogP contribution >= 0.6 is 0 Å². The highest BCUT2D eigenvalue weighted by Crippen LogP contribution is 2.34. The van der Waals surface area contributed by atoms with Crippen molar-refractivity contribution in [2.75, 3.05) is 26.7 Å². The summed E-state index contributed by atoms with van der Waals surface area (Å²) < 4.78 is 2.54. The molecule has 0 amide bonds. The molecule has 0 bridgehead atoms. The molecular formula is C28H39N5. The molecule has 33 heavy (non-hydrogen) atoms. The van der Waals surface area contributed by atoms with E-state index in [1.807, 2.05) is 6.20 Å². The molecule has 0 saturated carbocycles. The Morgan fingerprint density at radius 1 is 1.09 bits per heavy atom. The summed E-state index contributed by atoms with van der Waals surface area (Å²) in [6.07, 6.45) is 8.16. The number of fused-ring (bicyclic) bond motifs is 2. The van der Waals surface area contributed by atoms with Crippen LogP contribution in [0.5, 0.6) is 0 Å². The minimum Gasteiger partial charge on any atom is -0.327 e. The number of hydrogen-bond acceptors (Lipinski definition) is 4. The minimum absolute atomic E-state index is 0.381. The Balaban J connectivity index is 1.48. The van der Waals surface area contributed by atoms with Crippen molar-refractivity contribution in [1.29, 1.82) is 0 Å². The largest absolute Gasteiger partial charge is 0.327 e. The van der Waals surface area contributed by atoms with Crippen LogP contribution < -0.4 is 0 Å². The van der Waals surface area contributed by atoms with Crippen LogP contribution in [0.4, 0.5) is 0 Å². The Morgan fingerprint density at radius 2 is 1.97 bits per heavy atom. The zero-order valence-corrected chi connectivity index (χ0v) is 20.6. The third-order valence-corrected chi connectivity index (χ3v) is 7.45. The van der Waals surface area contributed by atoms with Gasteiger partial charge in [-0.15, -0.1) is 0 Å². The lowest BCUT2D eigenvalue weighted by Gasteiger charge is -2.36. The van der Waals surface area contributed by atoms with Gasteiger partial charge in [0, 0.05) is 25.8 Å². The third-order valence-electron chi connectivity index (χ3n) is 7.45. The highest BCUT2D eigenvalue weighted by molar-refractivity contribution is 5.75. The first kappa shape index (κ1) is 22.5. The fourth-order valence-electron chi connectivity index (χ4n) is 6.02. The number of aryl methyl sites for hydroxylation is 1. The van der Waals surface area contributed by atoms with Gasteiger partial charge in [-0.25, -0.2) is 4.98 Å². The zero-order chi connectivity index (χ0) is 22.8. The van der Waals surface area contributed by atoms with E-state index in [0.717, 1.165) is 31.6 Å². The molecule has 1 aliphatic heterocycles. The van der Waals surface area contributed by atoms with Crippen LogP contribution in [0, 0.1) is 11.8 Å². The molecule has 5 nitrogen and oxygen atoms in total. The maximum absolute atomic E-state index is 5.18. The van der Waals surface area contributed by atoms with E-state index in [9.17, 15) is 0 Å². The normalized spacial score (nSPS) is 21.7. The second-order valence-corrected chi connectivity index (χ2v) is 10.7. The molecule has 3 heterocycles. The van der Waals surface area contributed by atoms with E-state index < -0.39 is 0 Å². The summed E-state index contributed by atoms with van der Waals surface area (Å²) in [4.78, 5) is 15.2. The first-order valence-electron chi connectivity index (χ1n) is 12.9. The van der Waals surface area contributed by atoms with E-state index in [4.69, 9.17) is 9.97 Å². The number of rotatable bonds is 7. The van der Waals surface area contributed by atoms with Crippen LogP contribution in [-0.4, -0.2) is 51.0 Å². The fraction of sp³-hybridized carbons (Fsp3) is 0.571. The zero-order valence-electron chi connectivity index (χ0n) is 20.6. The van der Waals surface area contributed by atoms with Crippen LogP contribution in [0.1, 0.15) is 62.7 Å². The molecule has 2 aromatic heterocycles. The number of pyridine rings is 1.